The van der Waals surface area contributed by atoms with Crippen molar-refractivity contribution in [3.63, 3.8) is 0 Å². The van der Waals surface area contributed by atoms with Gasteiger partial charge in [-0.15, -0.1) is 0 Å². The molecule has 0 heterocycles. The Labute approximate surface area is 113 Å². The van der Waals surface area contributed by atoms with Gasteiger partial charge in [0.2, 0.25) is 0 Å². The normalized spacial score (nSPS) is 16.3. The van der Waals surface area contributed by atoms with E-state index in [1.807, 2.05) is 19.3 Å². The first kappa shape index (κ1) is 16.8. The molecule has 0 aliphatic carbocycles. The third kappa shape index (κ3) is 9.48. The molecule has 0 saturated heterocycles. The van der Waals surface area contributed by atoms with Crippen LogP contribution in [0.1, 0.15) is 40.5 Å². The zero-order valence-electron chi connectivity index (χ0n) is 10.1. The molecular weight excluding hydrogens is 327 g/mol. The molecule has 0 rings (SSSR count). The van der Waals surface area contributed by atoms with Crippen LogP contribution >= 0.6 is 15.8 Å². The molecule has 0 aliphatic rings. The van der Waals surface area contributed by atoms with Crippen molar-refractivity contribution in [2.45, 2.75) is 40.5 Å². The number of rotatable bonds is 6. The summed E-state index contributed by atoms with van der Waals surface area (Å²) in [4.78, 5) is 10.1. The monoisotopic (exact) mass is 353 g/mol. The zero-order valence-corrected chi connectivity index (χ0v) is 14.8. The molecule has 0 aliphatic heterocycles. The molecule has 1 nitrogen and oxygen atoms in total. The Kier molecular flexibility index (Phi) is 8.93. The van der Waals surface area contributed by atoms with E-state index in [1.54, 1.807) is 0 Å². The third-order valence-electron chi connectivity index (χ3n) is 2.20. The number of thiol groups is 1. The summed E-state index contributed by atoms with van der Waals surface area (Å²) in [5.41, 5.74) is 0. The Morgan fingerprint density at radius 1 is 1.13 bits per heavy atom. The molecule has 0 aromatic rings. The Balaban J connectivity index is 4.36. The molecule has 93 valence electrons. The molecule has 5 heteroatoms. The minimum atomic E-state index is -1.91. The third-order valence-corrected chi connectivity index (χ3v) is 14.1. The second-order valence-corrected chi connectivity index (χ2v) is 21.0. The van der Waals surface area contributed by atoms with Crippen LogP contribution in [-0.4, -0.2) is 16.4 Å². The summed E-state index contributed by atoms with van der Waals surface area (Å²) in [6, 6.07) is 0. The summed E-state index contributed by atoms with van der Waals surface area (Å²) in [7, 11) is 0.152. The van der Waals surface area contributed by atoms with Crippen LogP contribution in [0.15, 0.2) is 0 Å². The standard InChI is InChI=1S/C10H24OPS2.Mo/c1-9(2)5-7-14(12(11)13)8-6-10(3)4;/h9-11,13H,5-8H2,1-4H3;/q+1;-1. The number of hydrogen-bond acceptors (Lipinski definition) is 0. The fraction of sp³-hybridized carbons (Fsp3) is 1.00. The van der Waals surface area contributed by atoms with Gasteiger partial charge in [-0.2, -0.15) is 0 Å². The molecule has 15 heavy (non-hydrogen) atoms. The van der Waals surface area contributed by atoms with Crippen molar-refractivity contribution in [1.82, 2.24) is 0 Å². The van der Waals surface area contributed by atoms with Crippen molar-refractivity contribution >= 4 is 25.9 Å². The Morgan fingerprint density at radius 3 is 1.67 bits per heavy atom. The van der Waals surface area contributed by atoms with Crippen molar-refractivity contribution in [1.29, 1.82) is 0 Å². The molecule has 0 aromatic heterocycles. The average Bonchev–Trinajstić information content (AvgIpc) is 2.00. The molecule has 0 radical (unpaired) electrons. The molecular formula is C10H24MoOPS2. The minimum absolute atomic E-state index is 0.152. The van der Waals surface area contributed by atoms with E-state index in [1.165, 1.54) is 12.8 Å². The van der Waals surface area contributed by atoms with Gasteiger partial charge in [-0.05, 0) is 0 Å². The summed E-state index contributed by atoms with van der Waals surface area (Å²) in [5, 5.41) is 0. The van der Waals surface area contributed by atoms with Gasteiger partial charge in [0.15, 0.2) is 0 Å². The summed E-state index contributed by atoms with van der Waals surface area (Å²) < 4.78 is -1.91. The summed E-state index contributed by atoms with van der Waals surface area (Å²) >= 11 is 6.31. The molecule has 1 unspecified atom stereocenters. The fourth-order valence-corrected chi connectivity index (χ4v) is 10.1. The molecule has 0 saturated carbocycles. The number of hydrogen-bond donors (Lipinski definition) is 2. The van der Waals surface area contributed by atoms with Crippen LogP contribution in [0.2, 0.25) is 0 Å². The van der Waals surface area contributed by atoms with E-state index >= 15 is 0 Å². The van der Waals surface area contributed by atoms with Gasteiger partial charge >= 0.3 is 114 Å². The van der Waals surface area contributed by atoms with E-state index in [4.69, 9.17) is 0 Å². The maximum atomic E-state index is 10.1. The molecule has 0 spiro atoms. The van der Waals surface area contributed by atoms with E-state index in [0.29, 0.717) is 0 Å². The SMILES string of the molecule is CC(C)CCS(CCC(C)C)=[P](O)(S)[Mo]. The van der Waals surface area contributed by atoms with Gasteiger partial charge in [0.1, 0.15) is 0 Å². The summed E-state index contributed by atoms with van der Waals surface area (Å²) in [6.45, 7) is 8.99. The zero-order chi connectivity index (χ0) is 12.1. The van der Waals surface area contributed by atoms with E-state index < -0.39 is 3.56 Å². The average molecular weight is 351 g/mol. The molecule has 0 aromatic carbocycles. The quantitative estimate of drug-likeness (QED) is 0.423. The second-order valence-electron chi connectivity index (χ2n) is 4.73. The molecule has 1 N–H and O–H groups in total. The Hall–Kier alpha value is 1.78. The van der Waals surface area contributed by atoms with E-state index in [9.17, 15) is 4.89 Å². The Morgan fingerprint density at radius 2 is 1.47 bits per heavy atom. The van der Waals surface area contributed by atoms with Crippen molar-refractivity contribution in [3.8, 4) is 0 Å². The van der Waals surface area contributed by atoms with Crippen LogP contribution in [0.5, 0.6) is 0 Å². The first-order chi connectivity index (χ1) is 6.73. The van der Waals surface area contributed by atoms with Crippen LogP contribution in [0.25, 0.3) is 0 Å². The van der Waals surface area contributed by atoms with Crippen molar-refractivity contribution in [3.05, 3.63) is 0 Å². The van der Waals surface area contributed by atoms with Crippen LogP contribution in [0, 0.1) is 11.8 Å². The molecule has 0 fully saturated rings. The second kappa shape index (κ2) is 7.98. The van der Waals surface area contributed by atoms with Crippen LogP contribution in [0.4, 0.5) is 0 Å². The first-order valence-corrected chi connectivity index (χ1v) is 13.1. The first-order valence-electron chi connectivity index (χ1n) is 5.47. The van der Waals surface area contributed by atoms with Gasteiger partial charge in [0.05, 0.1) is 0 Å². The predicted molar refractivity (Wildman–Crippen MR) is 74.1 cm³/mol. The van der Waals surface area contributed by atoms with Gasteiger partial charge in [0, 0.05) is 0 Å². The Bertz CT molecular complexity index is 213. The van der Waals surface area contributed by atoms with Gasteiger partial charge in [-0.25, -0.2) is 0 Å². The van der Waals surface area contributed by atoms with E-state index in [-0.39, 0.29) is 10.1 Å². The van der Waals surface area contributed by atoms with Gasteiger partial charge < -0.3 is 0 Å². The maximum absolute atomic E-state index is 10.1. The van der Waals surface area contributed by atoms with E-state index in [2.05, 4.69) is 39.9 Å². The van der Waals surface area contributed by atoms with Crippen LogP contribution in [-0.2, 0) is 29.4 Å². The van der Waals surface area contributed by atoms with Gasteiger partial charge in [0.25, 0.3) is 0 Å². The van der Waals surface area contributed by atoms with Crippen LogP contribution < -0.4 is 0 Å². The topological polar surface area (TPSA) is 20.2 Å². The fourth-order valence-electron chi connectivity index (χ4n) is 1.08. The summed E-state index contributed by atoms with van der Waals surface area (Å²) in [6.07, 6.45) is 2.44. The van der Waals surface area contributed by atoms with Gasteiger partial charge in [-0.1, -0.05) is 0 Å². The van der Waals surface area contributed by atoms with Crippen molar-refractivity contribution < 1.29 is 24.2 Å². The molecule has 1 atom stereocenters. The van der Waals surface area contributed by atoms with Crippen molar-refractivity contribution in [2.75, 3.05) is 11.5 Å². The summed E-state index contributed by atoms with van der Waals surface area (Å²) in [5.74, 6) is 3.80. The van der Waals surface area contributed by atoms with E-state index in [0.717, 1.165) is 23.3 Å². The van der Waals surface area contributed by atoms with Crippen LogP contribution in [0.3, 0.4) is 0 Å². The van der Waals surface area contributed by atoms with Crippen molar-refractivity contribution in [2.24, 2.45) is 11.8 Å². The molecule has 0 bridgehead atoms. The van der Waals surface area contributed by atoms with Gasteiger partial charge in [-0.3, -0.25) is 0 Å². The predicted octanol–water partition coefficient (Wildman–Crippen LogP) is 3.84. The molecule has 0 amide bonds.